The van der Waals surface area contributed by atoms with E-state index in [9.17, 15) is 0 Å². The molecule has 1 aliphatic rings. The van der Waals surface area contributed by atoms with Crippen LogP contribution in [0.5, 0.6) is 0 Å². The average Bonchev–Trinajstić information content (AvgIpc) is 2.88. The molecule has 2 aromatic carbocycles. The van der Waals surface area contributed by atoms with Gasteiger partial charge in [-0.1, -0.05) is 55.3 Å². The van der Waals surface area contributed by atoms with Crippen LogP contribution in [-0.2, 0) is 5.54 Å². The number of aryl methyl sites for hydroxylation is 1. The maximum Gasteiger partial charge on any atom is 0.0409 e. The van der Waals surface area contributed by atoms with Gasteiger partial charge in [0.05, 0.1) is 0 Å². The van der Waals surface area contributed by atoms with Crippen molar-refractivity contribution in [1.29, 1.82) is 0 Å². The number of benzene rings is 2. The van der Waals surface area contributed by atoms with Crippen molar-refractivity contribution in [3.63, 3.8) is 0 Å². The normalized spacial score (nSPS) is 17.6. The summed E-state index contributed by atoms with van der Waals surface area (Å²) in [5, 5.41) is 0. The lowest BCUT2D eigenvalue weighted by Gasteiger charge is -2.25. The minimum Gasteiger partial charge on any atom is -0.321 e. The molecule has 1 nitrogen and oxygen atoms in total. The Labute approximate surface area is 115 Å². The van der Waals surface area contributed by atoms with Crippen LogP contribution < -0.4 is 5.73 Å². The van der Waals surface area contributed by atoms with E-state index >= 15 is 0 Å². The maximum absolute atomic E-state index is 6.58. The fourth-order valence-electron chi connectivity index (χ4n) is 3.15. The third-order valence-corrected chi connectivity index (χ3v) is 4.39. The van der Waals surface area contributed by atoms with Gasteiger partial charge in [-0.3, -0.25) is 0 Å². The van der Waals surface area contributed by atoms with Crippen LogP contribution in [0.4, 0.5) is 0 Å². The zero-order valence-corrected chi connectivity index (χ0v) is 11.5. The van der Waals surface area contributed by atoms with Gasteiger partial charge in [0.2, 0.25) is 0 Å². The van der Waals surface area contributed by atoms with Gasteiger partial charge in [-0.25, -0.2) is 0 Å². The zero-order chi connectivity index (χ0) is 13.3. The molecule has 0 bridgehead atoms. The molecule has 0 unspecified atom stereocenters. The third kappa shape index (κ3) is 2.31. The van der Waals surface area contributed by atoms with E-state index in [1.807, 2.05) is 0 Å². The molecule has 0 aromatic heterocycles. The monoisotopic (exact) mass is 251 g/mol. The van der Waals surface area contributed by atoms with E-state index in [4.69, 9.17) is 5.73 Å². The van der Waals surface area contributed by atoms with Gasteiger partial charge in [-0.05, 0) is 48.1 Å². The summed E-state index contributed by atoms with van der Waals surface area (Å²) in [4.78, 5) is 0. The Morgan fingerprint density at radius 2 is 1.63 bits per heavy atom. The fraction of sp³-hybridized carbons (Fsp3) is 0.333. The predicted molar refractivity (Wildman–Crippen MR) is 80.9 cm³/mol. The molecule has 0 spiro atoms. The molecule has 2 aromatic rings. The van der Waals surface area contributed by atoms with Crippen molar-refractivity contribution in [3.8, 4) is 11.1 Å². The Hall–Kier alpha value is -1.60. The first kappa shape index (κ1) is 12.4. The molecule has 98 valence electrons. The summed E-state index contributed by atoms with van der Waals surface area (Å²) in [5.74, 6) is 0. The Bertz CT molecular complexity index is 565. The topological polar surface area (TPSA) is 26.0 Å². The van der Waals surface area contributed by atoms with E-state index in [0.29, 0.717) is 0 Å². The first-order valence-electron chi connectivity index (χ1n) is 7.14. The van der Waals surface area contributed by atoms with Crippen molar-refractivity contribution in [3.05, 3.63) is 59.7 Å². The van der Waals surface area contributed by atoms with Crippen LogP contribution >= 0.6 is 0 Å². The van der Waals surface area contributed by atoms with E-state index in [1.54, 1.807) is 0 Å². The molecule has 1 aliphatic carbocycles. The van der Waals surface area contributed by atoms with Crippen LogP contribution in [0.25, 0.3) is 11.1 Å². The first-order chi connectivity index (χ1) is 9.19. The van der Waals surface area contributed by atoms with E-state index in [1.165, 1.54) is 35.1 Å². The second-order valence-corrected chi connectivity index (χ2v) is 5.76. The molecule has 2 N–H and O–H groups in total. The molecule has 0 amide bonds. The lowest BCUT2D eigenvalue weighted by Crippen LogP contribution is -2.33. The Balaban J connectivity index is 2.06. The third-order valence-electron chi connectivity index (χ3n) is 4.39. The minimum atomic E-state index is -0.1000. The SMILES string of the molecule is Cc1ccc(C2(N)CCCC2)cc1-c1ccccc1. The largest absolute Gasteiger partial charge is 0.321 e. The van der Waals surface area contributed by atoms with Gasteiger partial charge in [-0.15, -0.1) is 0 Å². The molecule has 0 heterocycles. The molecule has 1 heteroatoms. The van der Waals surface area contributed by atoms with Gasteiger partial charge in [0.15, 0.2) is 0 Å². The summed E-state index contributed by atoms with van der Waals surface area (Å²) in [6.07, 6.45) is 4.74. The van der Waals surface area contributed by atoms with Crippen molar-refractivity contribution >= 4 is 0 Å². The smallest absolute Gasteiger partial charge is 0.0409 e. The Morgan fingerprint density at radius 3 is 2.32 bits per heavy atom. The molecule has 0 atom stereocenters. The lowest BCUT2D eigenvalue weighted by molar-refractivity contribution is 0.462. The molecular formula is C18H21N. The highest BCUT2D eigenvalue weighted by molar-refractivity contribution is 5.68. The highest BCUT2D eigenvalue weighted by Crippen LogP contribution is 2.38. The standard InChI is InChI=1S/C18H21N/c1-14-9-10-16(18(19)11-5-6-12-18)13-17(14)15-7-3-2-4-8-15/h2-4,7-10,13H,5-6,11-12,19H2,1H3. The van der Waals surface area contributed by atoms with Crippen LogP contribution in [0.15, 0.2) is 48.5 Å². The summed E-state index contributed by atoms with van der Waals surface area (Å²) in [7, 11) is 0. The minimum absolute atomic E-state index is 0.1000. The number of hydrogen-bond acceptors (Lipinski definition) is 1. The van der Waals surface area contributed by atoms with E-state index in [2.05, 4.69) is 55.5 Å². The van der Waals surface area contributed by atoms with Gasteiger partial charge < -0.3 is 5.73 Å². The molecular weight excluding hydrogens is 230 g/mol. The summed E-state index contributed by atoms with van der Waals surface area (Å²) >= 11 is 0. The van der Waals surface area contributed by atoms with Crippen molar-refractivity contribution < 1.29 is 0 Å². The summed E-state index contributed by atoms with van der Waals surface area (Å²) < 4.78 is 0. The number of rotatable bonds is 2. The molecule has 0 saturated heterocycles. The van der Waals surface area contributed by atoms with Gasteiger partial charge in [0, 0.05) is 5.54 Å². The summed E-state index contributed by atoms with van der Waals surface area (Å²) in [6.45, 7) is 2.17. The van der Waals surface area contributed by atoms with E-state index in [0.717, 1.165) is 12.8 Å². The molecule has 1 fully saturated rings. The number of hydrogen-bond donors (Lipinski definition) is 1. The quantitative estimate of drug-likeness (QED) is 0.841. The second-order valence-electron chi connectivity index (χ2n) is 5.76. The van der Waals surface area contributed by atoms with Crippen LogP contribution in [0.2, 0.25) is 0 Å². The van der Waals surface area contributed by atoms with E-state index < -0.39 is 0 Å². The van der Waals surface area contributed by atoms with Crippen LogP contribution in [0.3, 0.4) is 0 Å². The predicted octanol–water partition coefficient (Wildman–Crippen LogP) is 4.39. The van der Waals surface area contributed by atoms with Gasteiger partial charge in [-0.2, -0.15) is 0 Å². The Kier molecular flexibility index (Phi) is 3.16. The highest BCUT2D eigenvalue weighted by atomic mass is 14.8. The summed E-state index contributed by atoms with van der Waals surface area (Å²) in [5.41, 5.74) is 11.7. The highest BCUT2D eigenvalue weighted by Gasteiger charge is 2.31. The molecule has 19 heavy (non-hydrogen) atoms. The van der Waals surface area contributed by atoms with Gasteiger partial charge >= 0.3 is 0 Å². The zero-order valence-electron chi connectivity index (χ0n) is 11.5. The first-order valence-corrected chi connectivity index (χ1v) is 7.14. The lowest BCUT2D eigenvalue weighted by atomic mass is 9.86. The van der Waals surface area contributed by atoms with Crippen molar-refractivity contribution in [1.82, 2.24) is 0 Å². The molecule has 1 saturated carbocycles. The number of nitrogens with two attached hydrogens (primary N) is 1. The molecule has 0 aliphatic heterocycles. The van der Waals surface area contributed by atoms with Crippen LogP contribution in [-0.4, -0.2) is 0 Å². The van der Waals surface area contributed by atoms with Crippen molar-refractivity contribution in [2.24, 2.45) is 5.73 Å². The van der Waals surface area contributed by atoms with Crippen LogP contribution in [0, 0.1) is 6.92 Å². The fourth-order valence-corrected chi connectivity index (χ4v) is 3.15. The van der Waals surface area contributed by atoms with Crippen molar-refractivity contribution in [2.45, 2.75) is 38.1 Å². The Morgan fingerprint density at radius 1 is 0.947 bits per heavy atom. The average molecular weight is 251 g/mol. The second kappa shape index (κ2) is 4.82. The molecule has 3 rings (SSSR count). The van der Waals surface area contributed by atoms with Crippen LogP contribution in [0.1, 0.15) is 36.8 Å². The van der Waals surface area contributed by atoms with Gasteiger partial charge in [0.25, 0.3) is 0 Å². The summed E-state index contributed by atoms with van der Waals surface area (Å²) in [6, 6.07) is 17.3. The van der Waals surface area contributed by atoms with Crippen molar-refractivity contribution in [2.75, 3.05) is 0 Å². The van der Waals surface area contributed by atoms with E-state index in [-0.39, 0.29) is 5.54 Å². The van der Waals surface area contributed by atoms with Gasteiger partial charge in [0.1, 0.15) is 0 Å². The molecule has 0 radical (unpaired) electrons. The maximum atomic E-state index is 6.58.